The van der Waals surface area contributed by atoms with Crippen molar-refractivity contribution in [2.75, 3.05) is 5.73 Å². The first-order chi connectivity index (χ1) is 18.0. The number of carbonyl (C=O) groups is 1. The lowest BCUT2D eigenvalue weighted by Crippen LogP contribution is -2.25. The molecule has 1 aliphatic carbocycles. The van der Waals surface area contributed by atoms with Crippen molar-refractivity contribution < 1.29 is 14.6 Å². The fourth-order valence-electron chi connectivity index (χ4n) is 5.30. The fraction of sp³-hybridized carbons (Fsp3) is 0.233. The number of hydrogen-bond donors (Lipinski definition) is 2. The third-order valence-corrected chi connectivity index (χ3v) is 7.29. The number of benzene rings is 3. The molecule has 0 amide bonds. The largest absolute Gasteiger partial charge is 0.487 e. The van der Waals surface area contributed by atoms with Gasteiger partial charge in [-0.15, -0.1) is 0 Å². The van der Waals surface area contributed by atoms with E-state index in [1.165, 1.54) is 0 Å². The second-order valence-corrected chi connectivity index (χ2v) is 9.95. The highest BCUT2D eigenvalue weighted by atomic mass is 16.5. The average molecular weight is 493 g/mol. The Balaban J connectivity index is 1.39. The van der Waals surface area contributed by atoms with Crippen LogP contribution in [0.3, 0.4) is 0 Å². The number of ether oxygens (including phenoxy) is 1. The quantitative estimate of drug-likeness (QED) is 0.288. The van der Waals surface area contributed by atoms with Crippen molar-refractivity contribution in [2.45, 2.75) is 38.8 Å². The zero-order chi connectivity index (χ0) is 25.5. The van der Waals surface area contributed by atoms with Gasteiger partial charge in [-0.3, -0.25) is 9.48 Å². The standard InChI is InChI=1S/C30H28N4O3/c1-18-12-23(13-18)34-27-9-8-21(20-7-6-19-10-11-32-30(31)24(19)14-20)15-25(27)26(33-34)17-37-28-5-3-2-4-22(28)16-29(35)36/h2-11,14-15,18,23H,12-13,16-17H2,1H3,(H2,31,32)(H,35,36). The highest BCUT2D eigenvalue weighted by Crippen LogP contribution is 2.40. The highest BCUT2D eigenvalue weighted by Gasteiger charge is 2.29. The number of aliphatic carboxylic acids is 1. The van der Waals surface area contributed by atoms with E-state index in [4.69, 9.17) is 15.6 Å². The number of fused-ring (bicyclic) bond motifs is 2. The number of rotatable bonds is 7. The molecular weight excluding hydrogens is 464 g/mol. The predicted octanol–water partition coefficient (Wildman–Crippen LogP) is 6.01. The minimum absolute atomic E-state index is 0.0879. The summed E-state index contributed by atoms with van der Waals surface area (Å²) in [6.07, 6.45) is 3.85. The molecule has 0 aliphatic heterocycles. The monoisotopic (exact) mass is 492 g/mol. The molecule has 2 heterocycles. The summed E-state index contributed by atoms with van der Waals surface area (Å²) in [5.41, 5.74) is 10.8. The maximum atomic E-state index is 11.3. The highest BCUT2D eigenvalue weighted by molar-refractivity contribution is 5.95. The van der Waals surface area contributed by atoms with Gasteiger partial charge < -0.3 is 15.6 Å². The van der Waals surface area contributed by atoms with Gasteiger partial charge in [-0.05, 0) is 65.6 Å². The fourth-order valence-corrected chi connectivity index (χ4v) is 5.30. The summed E-state index contributed by atoms with van der Waals surface area (Å²) < 4.78 is 8.30. The molecule has 7 nitrogen and oxygen atoms in total. The van der Waals surface area contributed by atoms with Crippen LogP contribution in [-0.4, -0.2) is 25.8 Å². The van der Waals surface area contributed by atoms with Crippen LogP contribution in [0.15, 0.2) is 72.9 Å². The van der Waals surface area contributed by atoms with E-state index >= 15 is 0 Å². The van der Waals surface area contributed by atoms with E-state index in [0.29, 0.717) is 29.1 Å². The van der Waals surface area contributed by atoms with E-state index in [2.05, 4.69) is 53.0 Å². The van der Waals surface area contributed by atoms with Crippen LogP contribution in [0.25, 0.3) is 32.8 Å². The molecule has 7 heteroatoms. The van der Waals surface area contributed by atoms with Gasteiger partial charge in [0, 0.05) is 22.5 Å². The number of nitrogens with zero attached hydrogens (tertiary/aromatic N) is 3. The van der Waals surface area contributed by atoms with Crippen LogP contribution in [0.1, 0.15) is 37.1 Å². The summed E-state index contributed by atoms with van der Waals surface area (Å²) in [4.78, 5) is 15.5. The maximum Gasteiger partial charge on any atom is 0.307 e. The number of nitrogen functional groups attached to an aromatic ring is 1. The molecular formula is C30H28N4O3. The van der Waals surface area contributed by atoms with Crippen LogP contribution in [0.2, 0.25) is 0 Å². The van der Waals surface area contributed by atoms with Gasteiger partial charge in [0.2, 0.25) is 0 Å². The molecule has 37 heavy (non-hydrogen) atoms. The predicted molar refractivity (Wildman–Crippen MR) is 144 cm³/mol. The van der Waals surface area contributed by atoms with Gasteiger partial charge in [-0.25, -0.2) is 4.98 Å². The van der Waals surface area contributed by atoms with E-state index in [1.807, 2.05) is 24.3 Å². The number of carboxylic acids is 1. The van der Waals surface area contributed by atoms with Crippen LogP contribution < -0.4 is 10.5 Å². The Hall–Kier alpha value is -4.39. The molecule has 3 aromatic carbocycles. The lowest BCUT2D eigenvalue weighted by Gasteiger charge is -2.33. The molecule has 186 valence electrons. The molecule has 0 atom stereocenters. The Morgan fingerprint density at radius 2 is 1.81 bits per heavy atom. The summed E-state index contributed by atoms with van der Waals surface area (Å²) in [6.45, 7) is 2.52. The molecule has 1 fully saturated rings. The van der Waals surface area contributed by atoms with Crippen molar-refractivity contribution in [3.05, 3.63) is 84.2 Å². The van der Waals surface area contributed by atoms with Crippen LogP contribution in [-0.2, 0) is 17.8 Å². The van der Waals surface area contributed by atoms with Gasteiger partial charge in [-0.1, -0.05) is 43.3 Å². The Kier molecular flexibility index (Phi) is 5.75. The van der Waals surface area contributed by atoms with Crippen LogP contribution in [0, 0.1) is 5.92 Å². The van der Waals surface area contributed by atoms with Gasteiger partial charge in [0.15, 0.2) is 0 Å². The van der Waals surface area contributed by atoms with Crippen LogP contribution in [0.5, 0.6) is 5.75 Å². The van der Waals surface area contributed by atoms with Gasteiger partial charge in [0.05, 0.1) is 18.0 Å². The number of aromatic nitrogens is 3. The first kappa shape index (κ1) is 23.0. The lowest BCUT2D eigenvalue weighted by atomic mass is 9.82. The first-order valence-corrected chi connectivity index (χ1v) is 12.5. The smallest absolute Gasteiger partial charge is 0.307 e. The summed E-state index contributed by atoms with van der Waals surface area (Å²) in [5.74, 6) is 0.892. The molecule has 0 spiro atoms. The van der Waals surface area contributed by atoms with Crippen molar-refractivity contribution in [2.24, 2.45) is 5.92 Å². The topological polar surface area (TPSA) is 103 Å². The van der Waals surface area contributed by atoms with Crippen molar-refractivity contribution in [1.29, 1.82) is 0 Å². The molecule has 0 radical (unpaired) electrons. The van der Waals surface area contributed by atoms with E-state index in [-0.39, 0.29) is 13.0 Å². The number of para-hydroxylation sites is 1. The number of hydrogen-bond acceptors (Lipinski definition) is 5. The zero-order valence-electron chi connectivity index (χ0n) is 20.6. The molecule has 0 unspecified atom stereocenters. The van der Waals surface area contributed by atoms with Gasteiger partial charge >= 0.3 is 5.97 Å². The van der Waals surface area contributed by atoms with E-state index in [0.717, 1.165) is 51.3 Å². The maximum absolute atomic E-state index is 11.3. The summed E-state index contributed by atoms with van der Waals surface area (Å²) >= 11 is 0. The normalized spacial score (nSPS) is 17.1. The molecule has 1 saturated carbocycles. The Bertz CT molecular complexity index is 1640. The Morgan fingerprint density at radius 1 is 1.05 bits per heavy atom. The molecule has 5 aromatic rings. The van der Waals surface area contributed by atoms with Crippen molar-refractivity contribution in [3.8, 4) is 16.9 Å². The summed E-state index contributed by atoms with van der Waals surface area (Å²) in [5, 5.41) is 17.3. The number of pyridine rings is 1. The van der Waals surface area contributed by atoms with E-state index in [9.17, 15) is 9.90 Å². The zero-order valence-corrected chi connectivity index (χ0v) is 20.6. The minimum atomic E-state index is -0.888. The van der Waals surface area contributed by atoms with E-state index < -0.39 is 5.97 Å². The number of nitrogens with two attached hydrogens (primary N) is 1. The second-order valence-electron chi connectivity index (χ2n) is 9.95. The van der Waals surface area contributed by atoms with Gasteiger partial charge in [0.25, 0.3) is 0 Å². The Morgan fingerprint density at radius 3 is 2.59 bits per heavy atom. The molecule has 0 saturated heterocycles. The average Bonchev–Trinajstić information content (AvgIpc) is 3.23. The molecule has 0 bridgehead atoms. The SMILES string of the molecule is CC1CC(n2nc(COc3ccccc3CC(=O)O)c3cc(-c4ccc5ccnc(N)c5c4)ccc32)C1. The van der Waals surface area contributed by atoms with Gasteiger partial charge in [0.1, 0.15) is 23.9 Å². The van der Waals surface area contributed by atoms with E-state index in [1.54, 1.807) is 12.3 Å². The third-order valence-electron chi connectivity index (χ3n) is 7.29. The summed E-state index contributed by atoms with van der Waals surface area (Å²) in [6, 6.07) is 22.3. The summed E-state index contributed by atoms with van der Waals surface area (Å²) in [7, 11) is 0. The molecule has 6 rings (SSSR count). The number of carboxylic acid groups (broad SMARTS) is 1. The lowest BCUT2D eigenvalue weighted by molar-refractivity contribution is -0.136. The van der Waals surface area contributed by atoms with Crippen molar-refractivity contribution in [3.63, 3.8) is 0 Å². The first-order valence-electron chi connectivity index (χ1n) is 12.5. The number of anilines is 1. The molecule has 1 aliphatic rings. The molecule has 3 N–H and O–H groups in total. The third kappa shape index (κ3) is 4.37. The van der Waals surface area contributed by atoms with Gasteiger partial charge in [-0.2, -0.15) is 5.10 Å². The van der Waals surface area contributed by atoms with Crippen LogP contribution >= 0.6 is 0 Å². The minimum Gasteiger partial charge on any atom is -0.487 e. The molecule has 2 aromatic heterocycles. The second kappa shape index (κ2) is 9.24. The Labute approximate surface area is 214 Å². The van der Waals surface area contributed by atoms with Crippen LogP contribution in [0.4, 0.5) is 5.82 Å². The van der Waals surface area contributed by atoms with Crippen molar-refractivity contribution in [1.82, 2.24) is 14.8 Å². The van der Waals surface area contributed by atoms with Crippen molar-refractivity contribution >= 4 is 33.5 Å².